The number of imidazole rings is 1. The van der Waals surface area contributed by atoms with Crippen molar-refractivity contribution in [2.45, 2.75) is 38.3 Å². The first-order valence-electron chi connectivity index (χ1n) is 8.95. The van der Waals surface area contributed by atoms with Crippen LogP contribution in [0.2, 0.25) is 0 Å². The molecule has 128 valence electrons. The summed E-state index contributed by atoms with van der Waals surface area (Å²) in [4.78, 5) is 25.0. The van der Waals surface area contributed by atoms with Gasteiger partial charge < -0.3 is 15.2 Å². The normalized spacial score (nSPS) is 20.8. The van der Waals surface area contributed by atoms with Crippen LogP contribution in [0.15, 0.2) is 24.3 Å². The summed E-state index contributed by atoms with van der Waals surface area (Å²) < 4.78 is 0. The topological polar surface area (TPSA) is 64.3 Å². The third-order valence-corrected chi connectivity index (χ3v) is 5.06. The second kappa shape index (κ2) is 6.43. The molecule has 2 aliphatic rings. The molecule has 2 fully saturated rings. The molecule has 0 bridgehead atoms. The number of aromatic nitrogens is 2. The van der Waals surface area contributed by atoms with Crippen molar-refractivity contribution in [3.63, 3.8) is 0 Å². The van der Waals surface area contributed by atoms with Crippen LogP contribution in [0, 0.1) is 0 Å². The Hall–Kier alpha value is -2.08. The number of anilines is 1. The van der Waals surface area contributed by atoms with Crippen molar-refractivity contribution in [1.82, 2.24) is 20.2 Å². The van der Waals surface area contributed by atoms with E-state index in [1.165, 1.54) is 0 Å². The Morgan fingerprint density at radius 2 is 2.08 bits per heavy atom. The molecule has 6 nitrogen and oxygen atoms in total. The minimum absolute atomic E-state index is 0.0544. The first-order valence-corrected chi connectivity index (χ1v) is 8.95. The highest BCUT2D eigenvalue weighted by atomic mass is 16.2. The predicted molar refractivity (Wildman–Crippen MR) is 95.1 cm³/mol. The van der Waals surface area contributed by atoms with Crippen molar-refractivity contribution in [2.75, 3.05) is 31.1 Å². The summed E-state index contributed by atoms with van der Waals surface area (Å²) in [5, 5.41) is 3.12. The van der Waals surface area contributed by atoms with Gasteiger partial charge in [-0.05, 0) is 38.3 Å². The van der Waals surface area contributed by atoms with Gasteiger partial charge in [-0.15, -0.1) is 0 Å². The van der Waals surface area contributed by atoms with Gasteiger partial charge in [0.2, 0.25) is 11.9 Å². The maximum atomic E-state index is 12.3. The van der Waals surface area contributed by atoms with Gasteiger partial charge in [0.1, 0.15) is 0 Å². The number of nitrogens with one attached hydrogen (secondary N) is 2. The Labute approximate surface area is 142 Å². The zero-order valence-corrected chi connectivity index (χ0v) is 14.2. The van der Waals surface area contributed by atoms with E-state index in [1.807, 2.05) is 25.1 Å². The molecule has 24 heavy (non-hydrogen) atoms. The van der Waals surface area contributed by atoms with Crippen LogP contribution in [-0.4, -0.2) is 59.0 Å². The summed E-state index contributed by atoms with van der Waals surface area (Å²) >= 11 is 0. The summed E-state index contributed by atoms with van der Waals surface area (Å²) in [6, 6.07) is 8.50. The summed E-state index contributed by atoms with van der Waals surface area (Å²) in [7, 11) is 0. The molecular weight excluding hydrogens is 302 g/mol. The van der Waals surface area contributed by atoms with Gasteiger partial charge in [0.05, 0.1) is 17.1 Å². The molecule has 2 heterocycles. The van der Waals surface area contributed by atoms with Gasteiger partial charge in [-0.1, -0.05) is 12.1 Å². The third-order valence-electron chi connectivity index (χ3n) is 5.06. The Balaban J connectivity index is 1.40. The van der Waals surface area contributed by atoms with E-state index in [1.54, 1.807) is 0 Å². The molecular formula is C18H25N5O. The summed E-state index contributed by atoms with van der Waals surface area (Å²) in [5.41, 5.74) is 2.08. The van der Waals surface area contributed by atoms with E-state index in [-0.39, 0.29) is 11.9 Å². The molecule has 1 aliphatic heterocycles. The number of H-pyrrole nitrogens is 1. The maximum Gasteiger partial charge on any atom is 0.237 e. The van der Waals surface area contributed by atoms with Gasteiger partial charge in [0, 0.05) is 32.2 Å². The second-order valence-electron chi connectivity index (χ2n) is 6.91. The van der Waals surface area contributed by atoms with E-state index < -0.39 is 0 Å². The fourth-order valence-electron chi connectivity index (χ4n) is 3.34. The van der Waals surface area contributed by atoms with Crippen molar-refractivity contribution in [1.29, 1.82) is 0 Å². The molecule has 1 aromatic carbocycles. The number of nitrogens with zero attached hydrogens (tertiary/aromatic N) is 3. The average molecular weight is 327 g/mol. The number of aromatic amines is 1. The minimum Gasteiger partial charge on any atom is -0.352 e. The number of benzene rings is 1. The zero-order valence-electron chi connectivity index (χ0n) is 14.2. The quantitative estimate of drug-likeness (QED) is 0.898. The number of hydrogen-bond donors (Lipinski definition) is 2. The van der Waals surface area contributed by atoms with Crippen LogP contribution in [0.3, 0.4) is 0 Å². The number of para-hydroxylation sites is 2. The van der Waals surface area contributed by atoms with E-state index in [0.717, 1.165) is 62.4 Å². The van der Waals surface area contributed by atoms with Crippen molar-refractivity contribution in [2.24, 2.45) is 0 Å². The highest BCUT2D eigenvalue weighted by Gasteiger charge is 2.29. The van der Waals surface area contributed by atoms with Gasteiger partial charge in [-0.25, -0.2) is 4.98 Å². The number of amides is 1. The lowest BCUT2D eigenvalue weighted by Gasteiger charge is -2.26. The van der Waals surface area contributed by atoms with Crippen LogP contribution < -0.4 is 10.2 Å². The second-order valence-corrected chi connectivity index (χ2v) is 6.91. The molecule has 1 amide bonds. The Kier molecular flexibility index (Phi) is 4.14. The van der Waals surface area contributed by atoms with Gasteiger partial charge >= 0.3 is 0 Å². The maximum absolute atomic E-state index is 12.3. The van der Waals surface area contributed by atoms with E-state index >= 15 is 0 Å². The molecule has 0 unspecified atom stereocenters. The molecule has 1 aliphatic carbocycles. The molecule has 1 aromatic heterocycles. The number of fused-ring (bicyclic) bond motifs is 1. The molecule has 0 spiro atoms. The Morgan fingerprint density at radius 3 is 2.88 bits per heavy atom. The van der Waals surface area contributed by atoms with Crippen LogP contribution >= 0.6 is 0 Å². The molecule has 1 saturated carbocycles. The standard InChI is InChI=1S/C18H25N5O/c1-13(17(24)19-14-7-8-14)22-9-4-10-23(12-11-22)18-20-15-5-2-3-6-16(15)21-18/h2-3,5-6,13-14H,4,7-12H2,1H3,(H,19,24)(H,20,21)/t13-/m0/s1. The molecule has 0 radical (unpaired) electrons. The highest BCUT2D eigenvalue weighted by molar-refractivity contribution is 5.82. The molecule has 1 atom stereocenters. The number of carbonyl (C=O) groups is 1. The number of hydrogen-bond acceptors (Lipinski definition) is 4. The zero-order chi connectivity index (χ0) is 16.5. The molecule has 4 rings (SSSR count). The number of rotatable bonds is 4. The van der Waals surface area contributed by atoms with Gasteiger partial charge in [-0.2, -0.15) is 0 Å². The fourth-order valence-corrected chi connectivity index (χ4v) is 3.34. The molecule has 2 aromatic rings. The SMILES string of the molecule is C[C@@H](C(=O)NC1CC1)N1CCCN(c2nc3ccccc3[nH]2)CC1. The van der Waals surface area contributed by atoms with E-state index in [0.29, 0.717) is 6.04 Å². The highest BCUT2D eigenvalue weighted by Crippen LogP contribution is 2.21. The summed E-state index contributed by atoms with van der Waals surface area (Å²) in [6.45, 7) is 5.72. The first kappa shape index (κ1) is 15.4. The third kappa shape index (κ3) is 3.24. The lowest BCUT2D eigenvalue weighted by Crippen LogP contribution is -2.47. The fraction of sp³-hybridized carbons (Fsp3) is 0.556. The van der Waals surface area contributed by atoms with Crippen LogP contribution in [0.4, 0.5) is 5.95 Å². The minimum atomic E-state index is -0.0544. The van der Waals surface area contributed by atoms with Crippen LogP contribution in [-0.2, 0) is 4.79 Å². The van der Waals surface area contributed by atoms with E-state index in [4.69, 9.17) is 4.98 Å². The van der Waals surface area contributed by atoms with Crippen molar-refractivity contribution in [3.8, 4) is 0 Å². The van der Waals surface area contributed by atoms with Crippen LogP contribution in [0.25, 0.3) is 11.0 Å². The summed E-state index contributed by atoms with van der Waals surface area (Å²) in [6.07, 6.45) is 3.31. The first-order chi connectivity index (χ1) is 11.7. The molecule has 6 heteroatoms. The van der Waals surface area contributed by atoms with Crippen molar-refractivity contribution >= 4 is 22.9 Å². The van der Waals surface area contributed by atoms with Crippen LogP contribution in [0.1, 0.15) is 26.2 Å². The number of carbonyl (C=O) groups excluding carboxylic acids is 1. The smallest absolute Gasteiger partial charge is 0.237 e. The molecule has 2 N–H and O–H groups in total. The van der Waals surface area contributed by atoms with Crippen LogP contribution in [0.5, 0.6) is 0 Å². The summed E-state index contributed by atoms with van der Waals surface area (Å²) in [5.74, 6) is 1.11. The Morgan fingerprint density at radius 1 is 1.25 bits per heavy atom. The van der Waals surface area contributed by atoms with E-state index in [2.05, 4.69) is 26.2 Å². The van der Waals surface area contributed by atoms with Gasteiger partial charge in [0.25, 0.3) is 0 Å². The lowest BCUT2D eigenvalue weighted by molar-refractivity contribution is -0.125. The Bertz CT molecular complexity index is 690. The van der Waals surface area contributed by atoms with Gasteiger partial charge in [0.15, 0.2) is 0 Å². The average Bonchev–Trinajstić information content (AvgIpc) is 3.35. The van der Waals surface area contributed by atoms with Crippen molar-refractivity contribution in [3.05, 3.63) is 24.3 Å². The largest absolute Gasteiger partial charge is 0.352 e. The van der Waals surface area contributed by atoms with Crippen molar-refractivity contribution < 1.29 is 4.79 Å². The van der Waals surface area contributed by atoms with Gasteiger partial charge in [-0.3, -0.25) is 9.69 Å². The van der Waals surface area contributed by atoms with E-state index in [9.17, 15) is 4.79 Å². The predicted octanol–water partition coefficient (Wildman–Crippen LogP) is 1.74. The monoisotopic (exact) mass is 327 g/mol. The lowest BCUT2D eigenvalue weighted by atomic mass is 10.2. The molecule has 1 saturated heterocycles.